The van der Waals surface area contributed by atoms with Gasteiger partial charge in [-0.25, -0.2) is 4.98 Å². The van der Waals surface area contributed by atoms with Crippen LogP contribution in [0.1, 0.15) is 17.9 Å². The molecular formula is C8H15N3. The molecule has 0 radical (unpaired) electrons. The highest BCUT2D eigenvalue weighted by Crippen LogP contribution is 2.03. The molecule has 0 bridgehead atoms. The van der Waals surface area contributed by atoms with Crippen LogP contribution in [0.5, 0.6) is 0 Å². The van der Waals surface area contributed by atoms with Crippen molar-refractivity contribution >= 4 is 0 Å². The molecule has 0 aromatic carbocycles. The summed E-state index contributed by atoms with van der Waals surface area (Å²) < 4.78 is 2.19. The molecule has 0 amide bonds. The molecule has 0 spiro atoms. The van der Waals surface area contributed by atoms with E-state index < -0.39 is 0 Å². The minimum Gasteiger partial charge on any atom is -0.333 e. The Labute approximate surface area is 67.2 Å². The predicted molar refractivity (Wildman–Crippen MR) is 45.4 cm³/mol. The number of nitrogens with zero attached hydrogens (tertiary/aromatic N) is 2. The fourth-order valence-electron chi connectivity index (χ4n) is 1.17. The number of imidazole rings is 1. The van der Waals surface area contributed by atoms with Crippen molar-refractivity contribution in [2.75, 3.05) is 6.54 Å². The number of aryl methyl sites for hydroxylation is 2. The van der Waals surface area contributed by atoms with E-state index in [0.29, 0.717) is 0 Å². The summed E-state index contributed by atoms with van der Waals surface area (Å²) in [6.07, 6.45) is 2.92. The van der Waals surface area contributed by atoms with Crippen LogP contribution in [-0.4, -0.2) is 16.1 Å². The van der Waals surface area contributed by atoms with E-state index in [2.05, 4.69) is 16.5 Å². The zero-order valence-corrected chi connectivity index (χ0v) is 7.17. The molecule has 11 heavy (non-hydrogen) atoms. The average Bonchev–Trinajstić information content (AvgIpc) is 2.29. The quantitative estimate of drug-likeness (QED) is 0.699. The number of hydrogen-bond donors (Lipinski definition) is 1. The van der Waals surface area contributed by atoms with Crippen LogP contribution < -0.4 is 5.73 Å². The fraction of sp³-hybridized carbons (Fsp3) is 0.625. The smallest absolute Gasteiger partial charge is 0.105 e. The third-order valence-corrected chi connectivity index (χ3v) is 1.84. The molecule has 2 N–H and O–H groups in total. The summed E-state index contributed by atoms with van der Waals surface area (Å²) >= 11 is 0. The highest BCUT2D eigenvalue weighted by molar-refractivity contribution is 5.01. The van der Waals surface area contributed by atoms with Gasteiger partial charge in [0, 0.05) is 18.4 Å². The lowest BCUT2D eigenvalue weighted by Gasteiger charge is -2.05. The molecule has 3 nitrogen and oxygen atoms in total. The summed E-state index contributed by atoms with van der Waals surface area (Å²) in [5, 5.41) is 0. The van der Waals surface area contributed by atoms with E-state index >= 15 is 0 Å². The van der Waals surface area contributed by atoms with Crippen LogP contribution in [0.2, 0.25) is 0 Å². The van der Waals surface area contributed by atoms with Crippen LogP contribution in [-0.2, 0) is 6.54 Å². The predicted octanol–water partition coefficient (Wildman–Crippen LogP) is 0.849. The van der Waals surface area contributed by atoms with Gasteiger partial charge in [-0.05, 0) is 26.8 Å². The van der Waals surface area contributed by atoms with Crippen molar-refractivity contribution in [2.24, 2.45) is 5.73 Å². The van der Waals surface area contributed by atoms with E-state index in [1.807, 2.05) is 13.1 Å². The fourth-order valence-corrected chi connectivity index (χ4v) is 1.17. The Kier molecular flexibility index (Phi) is 2.65. The maximum Gasteiger partial charge on any atom is 0.105 e. The SMILES string of the molecule is Cc1cnc(C)n1CCCN. The van der Waals surface area contributed by atoms with Crippen LogP contribution in [0.4, 0.5) is 0 Å². The van der Waals surface area contributed by atoms with Crippen molar-refractivity contribution in [3.63, 3.8) is 0 Å². The molecule has 3 heteroatoms. The molecule has 0 atom stereocenters. The van der Waals surface area contributed by atoms with E-state index in [1.54, 1.807) is 0 Å². The molecule has 1 aromatic heterocycles. The number of nitrogens with two attached hydrogens (primary N) is 1. The topological polar surface area (TPSA) is 43.8 Å². The largest absolute Gasteiger partial charge is 0.333 e. The molecule has 0 fully saturated rings. The first-order valence-corrected chi connectivity index (χ1v) is 3.94. The van der Waals surface area contributed by atoms with Crippen molar-refractivity contribution in [2.45, 2.75) is 26.8 Å². The first-order valence-electron chi connectivity index (χ1n) is 3.94. The number of rotatable bonds is 3. The summed E-state index contributed by atoms with van der Waals surface area (Å²) in [4.78, 5) is 4.19. The lowest BCUT2D eigenvalue weighted by Crippen LogP contribution is -2.08. The maximum absolute atomic E-state index is 5.41. The Morgan fingerprint density at radius 2 is 2.27 bits per heavy atom. The van der Waals surface area contributed by atoms with Gasteiger partial charge >= 0.3 is 0 Å². The number of aromatic nitrogens is 2. The normalized spacial score (nSPS) is 10.5. The van der Waals surface area contributed by atoms with Gasteiger partial charge in [-0.3, -0.25) is 0 Å². The highest BCUT2D eigenvalue weighted by atomic mass is 15.1. The summed E-state index contributed by atoms with van der Waals surface area (Å²) in [6, 6.07) is 0. The van der Waals surface area contributed by atoms with Gasteiger partial charge in [0.2, 0.25) is 0 Å². The van der Waals surface area contributed by atoms with E-state index in [4.69, 9.17) is 5.73 Å². The third-order valence-electron chi connectivity index (χ3n) is 1.84. The highest BCUT2D eigenvalue weighted by Gasteiger charge is 1.99. The van der Waals surface area contributed by atoms with Gasteiger partial charge in [-0.1, -0.05) is 0 Å². The molecule has 62 valence electrons. The van der Waals surface area contributed by atoms with Gasteiger partial charge in [0.1, 0.15) is 5.82 Å². The first-order chi connectivity index (χ1) is 5.25. The second-order valence-corrected chi connectivity index (χ2v) is 2.74. The average molecular weight is 153 g/mol. The van der Waals surface area contributed by atoms with E-state index in [9.17, 15) is 0 Å². The molecule has 1 rings (SSSR count). The van der Waals surface area contributed by atoms with Crippen molar-refractivity contribution in [1.29, 1.82) is 0 Å². The Morgan fingerprint density at radius 3 is 2.73 bits per heavy atom. The molecule has 0 aliphatic heterocycles. The Bertz CT molecular complexity index is 208. The van der Waals surface area contributed by atoms with Crippen molar-refractivity contribution in [1.82, 2.24) is 9.55 Å². The lowest BCUT2D eigenvalue weighted by atomic mass is 10.4. The summed E-state index contributed by atoms with van der Waals surface area (Å²) in [6.45, 7) is 5.82. The molecule has 1 aromatic rings. The van der Waals surface area contributed by atoms with Crippen LogP contribution in [0.3, 0.4) is 0 Å². The molecule has 0 aliphatic rings. The lowest BCUT2D eigenvalue weighted by molar-refractivity contribution is 0.620. The number of hydrogen-bond acceptors (Lipinski definition) is 2. The van der Waals surface area contributed by atoms with E-state index in [-0.39, 0.29) is 0 Å². The monoisotopic (exact) mass is 153 g/mol. The zero-order chi connectivity index (χ0) is 8.27. The molecule has 0 saturated carbocycles. The van der Waals surface area contributed by atoms with E-state index in [0.717, 1.165) is 25.3 Å². The van der Waals surface area contributed by atoms with E-state index in [1.165, 1.54) is 5.69 Å². The van der Waals surface area contributed by atoms with Crippen molar-refractivity contribution in [3.8, 4) is 0 Å². The van der Waals surface area contributed by atoms with Crippen LogP contribution in [0, 0.1) is 13.8 Å². The second kappa shape index (κ2) is 3.53. The van der Waals surface area contributed by atoms with Gasteiger partial charge in [-0.15, -0.1) is 0 Å². The van der Waals surface area contributed by atoms with Gasteiger partial charge in [0.05, 0.1) is 0 Å². The third kappa shape index (κ3) is 1.80. The summed E-state index contributed by atoms with van der Waals surface area (Å²) in [5.41, 5.74) is 6.63. The second-order valence-electron chi connectivity index (χ2n) is 2.74. The summed E-state index contributed by atoms with van der Waals surface area (Å²) in [7, 11) is 0. The van der Waals surface area contributed by atoms with Crippen LogP contribution in [0.15, 0.2) is 6.20 Å². The van der Waals surface area contributed by atoms with Crippen LogP contribution >= 0.6 is 0 Å². The van der Waals surface area contributed by atoms with Crippen molar-refractivity contribution < 1.29 is 0 Å². The zero-order valence-electron chi connectivity index (χ0n) is 7.17. The Balaban J connectivity index is 2.67. The van der Waals surface area contributed by atoms with Gasteiger partial charge in [0.15, 0.2) is 0 Å². The maximum atomic E-state index is 5.41. The molecule has 1 heterocycles. The Hall–Kier alpha value is -0.830. The van der Waals surface area contributed by atoms with Gasteiger partial charge in [-0.2, -0.15) is 0 Å². The standard InChI is InChI=1S/C8H15N3/c1-7-6-10-8(2)11(7)5-3-4-9/h6H,3-5,9H2,1-2H3. The van der Waals surface area contributed by atoms with Crippen LogP contribution in [0.25, 0.3) is 0 Å². The van der Waals surface area contributed by atoms with Gasteiger partial charge < -0.3 is 10.3 Å². The Morgan fingerprint density at radius 1 is 1.55 bits per heavy atom. The molecule has 0 aliphatic carbocycles. The molecule has 0 saturated heterocycles. The van der Waals surface area contributed by atoms with Gasteiger partial charge in [0.25, 0.3) is 0 Å². The summed E-state index contributed by atoms with van der Waals surface area (Å²) in [5.74, 6) is 1.08. The molecule has 0 unspecified atom stereocenters. The minimum atomic E-state index is 0.747. The van der Waals surface area contributed by atoms with Crippen molar-refractivity contribution in [3.05, 3.63) is 17.7 Å². The first kappa shape index (κ1) is 8.27. The molecular weight excluding hydrogens is 138 g/mol. The minimum absolute atomic E-state index is 0.747.